The van der Waals surface area contributed by atoms with Crippen LogP contribution in [0.25, 0.3) is 0 Å². The minimum absolute atomic E-state index is 0.0724. The average molecular weight is 214 g/mol. The highest BCUT2D eigenvalue weighted by molar-refractivity contribution is 5.72. The lowest BCUT2D eigenvalue weighted by atomic mass is 9.78. The molecule has 1 aliphatic heterocycles. The van der Waals surface area contributed by atoms with Crippen molar-refractivity contribution in [2.75, 3.05) is 20.3 Å². The molecular formula is C11H18O4. The molecule has 4 heteroatoms. The van der Waals surface area contributed by atoms with Gasteiger partial charge in [-0.1, -0.05) is 6.92 Å². The molecule has 0 radical (unpaired) electrons. The average Bonchev–Trinajstić information content (AvgIpc) is 2.63. The first kappa shape index (κ1) is 10.9. The van der Waals surface area contributed by atoms with Crippen LogP contribution in [0.3, 0.4) is 0 Å². The van der Waals surface area contributed by atoms with Gasteiger partial charge in [0.1, 0.15) is 0 Å². The maximum absolute atomic E-state index is 11.5. The lowest BCUT2D eigenvalue weighted by Gasteiger charge is -2.38. The molecule has 0 bridgehead atoms. The molecule has 2 atom stereocenters. The third-order valence-corrected chi connectivity index (χ3v) is 3.25. The molecule has 2 fully saturated rings. The number of rotatable bonds is 1. The number of carbonyl (C=O) groups excluding carboxylic acids is 1. The van der Waals surface area contributed by atoms with E-state index in [1.54, 1.807) is 0 Å². The molecule has 2 unspecified atom stereocenters. The normalized spacial score (nSPS) is 34.3. The maximum atomic E-state index is 11.5. The molecule has 0 amide bonds. The van der Waals surface area contributed by atoms with E-state index in [4.69, 9.17) is 14.2 Å². The summed E-state index contributed by atoms with van der Waals surface area (Å²) in [5.41, 5.74) is 0. The Labute approximate surface area is 89.9 Å². The second kappa shape index (κ2) is 4.10. The van der Waals surface area contributed by atoms with E-state index < -0.39 is 5.79 Å². The van der Waals surface area contributed by atoms with Crippen molar-refractivity contribution in [1.82, 2.24) is 0 Å². The van der Waals surface area contributed by atoms with Gasteiger partial charge in [-0.25, -0.2) is 0 Å². The zero-order chi connectivity index (χ0) is 10.9. The zero-order valence-electron chi connectivity index (χ0n) is 9.32. The molecule has 4 nitrogen and oxygen atoms in total. The lowest BCUT2D eigenvalue weighted by molar-refractivity contribution is -0.202. The van der Waals surface area contributed by atoms with Crippen LogP contribution in [0.15, 0.2) is 0 Å². The first-order valence-corrected chi connectivity index (χ1v) is 5.51. The summed E-state index contributed by atoms with van der Waals surface area (Å²) < 4.78 is 16.1. The summed E-state index contributed by atoms with van der Waals surface area (Å²) in [5.74, 6) is -0.269. The van der Waals surface area contributed by atoms with Gasteiger partial charge in [0.25, 0.3) is 0 Å². The molecule has 86 valence electrons. The standard InChI is InChI=1S/C11H18O4/c1-8-5-9(10(12)13-2)7-11(6-8)14-3-4-15-11/h8-9H,3-7H2,1-2H3. The van der Waals surface area contributed by atoms with Crippen molar-refractivity contribution in [2.45, 2.75) is 32.0 Å². The van der Waals surface area contributed by atoms with Gasteiger partial charge in [-0.2, -0.15) is 0 Å². The molecular weight excluding hydrogens is 196 g/mol. The minimum atomic E-state index is -0.503. The van der Waals surface area contributed by atoms with Crippen LogP contribution in [0.4, 0.5) is 0 Å². The number of ether oxygens (including phenoxy) is 3. The predicted molar refractivity (Wildman–Crippen MR) is 53.2 cm³/mol. The summed E-state index contributed by atoms with van der Waals surface area (Å²) in [6, 6.07) is 0. The van der Waals surface area contributed by atoms with Gasteiger partial charge in [0, 0.05) is 12.8 Å². The largest absolute Gasteiger partial charge is 0.469 e. The van der Waals surface area contributed by atoms with E-state index in [0.29, 0.717) is 25.6 Å². The molecule has 0 aromatic heterocycles. The topological polar surface area (TPSA) is 44.8 Å². The zero-order valence-corrected chi connectivity index (χ0v) is 9.32. The van der Waals surface area contributed by atoms with E-state index in [-0.39, 0.29) is 11.9 Å². The van der Waals surface area contributed by atoms with Gasteiger partial charge in [0.15, 0.2) is 5.79 Å². The van der Waals surface area contributed by atoms with Crippen LogP contribution in [-0.4, -0.2) is 32.1 Å². The summed E-state index contributed by atoms with van der Waals surface area (Å²) >= 11 is 0. The Morgan fingerprint density at radius 1 is 1.33 bits per heavy atom. The van der Waals surface area contributed by atoms with Gasteiger partial charge in [-0.05, 0) is 12.3 Å². The fraction of sp³-hybridized carbons (Fsp3) is 0.909. The van der Waals surface area contributed by atoms with Crippen LogP contribution >= 0.6 is 0 Å². The highest BCUT2D eigenvalue weighted by Crippen LogP contribution is 2.41. The Morgan fingerprint density at radius 3 is 2.60 bits per heavy atom. The van der Waals surface area contributed by atoms with E-state index in [0.717, 1.165) is 12.8 Å². The Morgan fingerprint density at radius 2 is 2.00 bits per heavy atom. The Bertz CT molecular complexity index is 245. The molecule has 0 aromatic rings. The van der Waals surface area contributed by atoms with Crippen molar-refractivity contribution in [3.63, 3.8) is 0 Å². The molecule has 1 saturated heterocycles. The molecule has 0 N–H and O–H groups in total. The smallest absolute Gasteiger partial charge is 0.308 e. The van der Waals surface area contributed by atoms with Crippen molar-refractivity contribution in [3.8, 4) is 0 Å². The Hall–Kier alpha value is -0.610. The summed E-state index contributed by atoms with van der Waals surface area (Å²) in [4.78, 5) is 11.5. The first-order chi connectivity index (χ1) is 7.15. The van der Waals surface area contributed by atoms with E-state index in [2.05, 4.69) is 6.92 Å². The summed E-state index contributed by atoms with van der Waals surface area (Å²) in [6.45, 7) is 3.41. The van der Waals surface area contributed by atoms with Crippen LogP contribution in [0.5, 0.6) is 0 Å². The molecule has 2 aliphatic rings. The van der Waals surface area contributed by atoms with Gasteiger partial charge in [-0.3, -0.25) is 4.79 Å². The van der Waals surface area contributed by atoms with Crippen LogP contribution < -0.4 is 0 Å². The van der Waals surface area contributed by atoms with Crippen molar-refractivity contribution in [3.05, 3.63) is 0 Å². The molecule has 1 aliphatic carbocycles. The van der Waals surface area contributed by atoms with Crippen LogP contribution in [0.1, 0.15) is 26.2 Å². The quantitative estimate of drug-likeness (QED) is 0.618. The second-order valence-corrected chi connectivity index (χ2v) is 4.58. The number of hydrogen-bond donors (Lipinski definition) is 0. The third-order valence-electron chi connectivity index (χ3n) is 3.25. The highest BCUT2D eigenvalue weighted by Gasteiger charge is 2.46. The van der Waals surface area contributed by atoms with Gasteiger partial charge >= 0.3 is 5.97 Å². The maximum Gasteiger partial charge on any atom is 0.308 e. The molecule has 1 spiro atoms. The van der Waals surface area contributed by atoms with Crippen molar-refractivity contribution >= 4 is 5.97 Å². The molecule has 15 heavy (non-hydrogen) atoms. The van der Waals surface area contributed by atoms with Crippen molar-refractivity contribution in [2.24, 2.45) is 11.8 Å². The number of carbonyl (C=O) groups is 1. The number of methoxy groups -OCH3 is 1. The van der Waals surface area contributed by atoms with Gasteiger partial charge in [0.2, 0.25) is 0 Å². The third kappa shape index (κ3) is 2.16. The number of esters is 1. The van der Waals surface area contributed by atoms with Crippen LogP contribution in [-0.2, 0) is 19.0 Å². The molecule has 2 rings (SSSR count). The summed E-state index contributed by atoms with van der Waals surface area (Å²) in [7, 11) is 1.44. The molecule has 0 aromatic carbocycles. The fourth-order valence-corrected chi connectivity index (χ4v) is 2.72. The summed E-state index contributed by atoms with van der Waals surface area (Å²) in [5, 5.41) is 0. The van der Waals surface area contributed by atoms with E-state index in [9.17, 15) is 4.79 Å². The van der Waals surface area contributed by atoms with Crippen LogP contribution in [0, 0.1) is 11.8 Å². The van der Waals surface area contributed by atoms with Crippen molar-refractivity contribution in [1.29, 1.82) is 0 Å². The van der Waals surface area contributed by atoms with E-state index >= 15 is 0 Å². The SMILES string of the molecule is COC(=O)C1CC(C)CC2(C1)OCCO2. The highest BCUT2D eigenvalue weighted by atomic mass is 16.7. The van der Waals surface area contributed by atoms with Crippen molar-refractivity contribution < 1.29 is 19.0 Å². The predicted octanol–water partition coefficient (Wildman–Crippen LogP) is 1.34. The number of hydrogen-bond acceptors (Lipinski definition) is 4. The summed E-state index contributed by atoms with van der Waals surface area (Å²) in [6.07, 6.45) is 2.41. The molecule has 1 saturated carbocycles. The van der Waals surface area contributed by atoms with Gasteiger partial charge in [0.05, 0.1) is 26.2 Å². The Balaban J connectivity index is 2.06. The van der Waals surface area contributed by atoms with Crippen LogP contribution in [0.2, 0.25) is 0 Å². The Kier molecular flexibility index (Phi) is 2.98. The first-order valence-electron chi connectivity index (χ1n) is 5.51. The second-order valence-electron chi connectivity index (χ2n) is 4.58. The monoisotopic (exact) mass is 214 g/mol. The van der Waals surface area contributed by atoms with Gasteiger partial charge < -0.3 is 14.2 Å². The fourth-order valence-electron chi connectivity index (χ4n) is 2.72. The van der Waals surface area contributed by atoms with E-state index in [1.807, 2.05) is 0 Å². The molecule has 1 heterocycles. The minimum Gasteiger partial charge on any atom is -0.469 e. The van der Waals surface area contributed by atoms with Gasteiger partial charge in [-0.15, -0.1) is 0 Å². The lowest BCUT2D eigenvalue weighted by Crippen LogP contribution is -2.42. The van der Waals surface area contributed by atoms with E-state index in [1.165, 1.54) is 7.11 Å².